The number of anilines is 1. The van der Waals surface area contributed by atoms with Crippen LogP contribution in [0.15, 0.2) is 52.5 Å². The monoisotopic (exact) mass is 412 g/mol. The summed E-state index contributed by atoms with van der Waals surface area (Å²) in [6, 6.07) is 12.9. The maximum Gasteiger partial charge on any atom is 0.270 e. The lowest BCUT2D eigenvalue weighted by Crippen LogP contribution is -2.52. The van der Waals surface area contributed by atoms with Crippen molar-refractivity contribution in [3.63, 3.8) is 0 Å². The number of para-hydroxylation sites is 1. The molecule has 1 amide bonds. The molecule has 0 spiro atoms. The molecule has 1 saturated heterocycles. The second-order valence-electron chi connectivity index (χ2n) is 6.97. The number of rotatable bonds is 6. The zero-order valence-corrected chi connectivity index (χ0v) is 17.5. The predicted octanol–water partition coefficient (Wildman–Crippen LogP) is 3.81. The summed E-state index contributed by atoms with van der Waals surface area (Å²) in [6.45, 7) is 6.85. The first kappa shape index (κ1) is 19.1. The number of amides is 1. The van der Waals surface area contributed by atoms with Gasteiger partial charge in [-0.05, 0) is 30.5 Å². The molecule has 1 atom stereocenters. The van der Waals surface area contributed by atoms with E-state index >= 15 is 0 Å². The van der Waals surface area contributed by atoms with Gasteiger partial charge in [-0.25, -0.2) is 4.98 Å². The van der Waals surface area contributed by atoms with Gasteiger partial charge in [0.2, 0.25) is 0 Å². The summed E-state index contributed by atoms with van der Waals surface area (Å²) in [7, 11) is 0. The Kier molecular flexibility index (Phi) is 6.04. The molecule has 7 heteroatoms. The first-order valence-electron chi connectivity index (χ1n) is 9.51. The van der Waals surface area contributed by atoms with Crippen molar-refractivity contribution in [3.05, 3.63) is 58.2 Å². The summed E-state index contributed by atoms with van der Waals surface area (Å²) < 4.78 is 0. The maximum atomic E-state index is 12.5. The molecule has 3 heterocycles. The highest BCUT2D eigenvalue weighted by molar-refractivity contribution is 7.14. The summed E-state index contributed by atoms with van der Waals surface area (Å²) in [6.07, 6.45) is 0. The SMILES string of the molecule is C[C@@H](CNC(=O)c1csc(-c2ccsc2)n1)N1CCN(c2ccccc2)CC1. The van der Waals surface area contributed by atoms with E-state index in [9.17, 15) is 4.79 Å². The molecule has 1 fully saturated rings. The zero-order valence-electron chi connectivity index (χ0n) is 15.9. The lowest BCUT2D eigenvalue weighted by molar-refractivity contribution is 0.0930. The van der Waals surface area contributed by atoms with Crippen LogP contribution in [-0.2, 0) is 0 Å². The minimum atomic E-state index is -0.0903. The highest BCUT2D eigenvalue weighted by Crippen LogP contribution is 2.25. The number of carbonyl (C=O) groups is 1. The third-order valence-electron chi connectivity index (χ3n) is 5.12. The average Bonchev–Trinajstić information content (AvgIpc) is 3.44. The lowest BCUT2D eigenvalue weighted by atomic mass is 10.2. The van der Waals surface area contributed by atoms with E-state index in [0.29, 0.717) is 18.3 Å². The number of thiophene rings is 1. The van der Waals surface area contributed by atoms with Crippen molar-refractivity contribution in [1.29, 1.82) is 0 Å². The topological polar surface area (TPSA) is 48.5 Å². The number of nitrogens with one attached hydrogen (secondary N) is 1. The van der Waals surface area contributed by atoms with E-state index in [2.05, 4.69) is 62.7 Å². The molecule has 1 aromatic carbocycles. The molecule has 4 rings (SSSR count). The number of nitrogens with zero attached hydrogens (tertiary/aromatic N) is 3. The van der Waals surface area contributed by atoms with E-state index in [1.54, 1.807) is 11.3 Å². The summed E-state index contributed by atoms with van der Waals surface area (Å²) in [5, 5.41) is 9.87. The maximum absolute atomic E-state index is 12.5. The van der Waals surface area contributed by atoms with Gasteiger partial charge >= 0.3 is 0 Å². The molecule has 5 nitrogen and oxygen atoms in total. The molecule has 1 aliphatic heterocycles. The van der Waals surface area contributed by atoms with Gasteiger partial charge in [-0.15, -0.1) is 11.3 Å². The third kappa shape index (κ3) is 4.43. The van der Waals surface area contributed by atoms with Crippen LogP contribution < -0.4 is 10.2 Å². The molecule has 0 saturated carbocycles. The van der Waals surface area contributed by atoms with Crippen molar-refractivity contribution in [2.75, 3.05) is 37.6 Å². The number of carbonyl (C=O) groups excluding carboxylic acids is 1. The van der Waals surface area contributed by atoms with Crippen LogP contribution in [0.2, 0.25) is 0 Å². The van der Waals surface area contributed by atoms with Gasteiger partial charge in [-0.2, -0.15) is 11.3 Å². The minimum Gasteiger partial charge on any atom is -0.369 e. The van der Waals surface area contributed by atoms with Crippen molar-refractivity contribution >= 4 is 34.3 Å². The highest BCUT2D eigenvalue weighted by atomic mass is 32.1. The van der Waals surface area contributed by atoms with Crippen LogP contribution >= 0.6 is 22.7 Å². The lowest BCUT2D eigenvalue weighted by Gasteiger charge is -2.39. The Morgan fingerprint density at radius 2 is 1.93 bits per heavy atom. The number of aromatic nitrogens is 1. The molecule has 0 aliphatic carbocycles. The van der Waals surface area contributed by atoms with Crippen LogP contribution in [0.4, 0.5) is 5.69 Å². The molecule has 28 heavy (non-hydrogen) atoms. The Bertz CT molecular complexity index is 886. The molecule has 146 valence electrons. The van der Waals surface area contributed by atoms with Crippen LogP contribution in [-0.4, -0.2) is 54.6 Å². The number of piperazine rings is 1. The smallest absolute Gasteiger partial charge is 0.270 e. The van der Waals surface area contributed by atoms with Crippen molar-refractivity contribution in [1.82, 2.24) is 15.2 Å². The van der Waals surface area contributed by atoms with Crippen molar-refractivity contribution in [2.45, 2.75) is 13.0 Å². The van der Waals surface area contributed by atoms with Crippen molar-refractivity contribution < 1.29 is 4.79 Å². The molecule has 1 N–H and O–H groups in total. The number of thiazole rings is 1. The van der Waals surface area contributed by atoms with Gasteiger partial charge < -0.3 is 10.2 Å². The van der Waals surface area contributed by atoms with Crippen LogP contribution in [0.3, 0.4) is 0 Å². The normalized spacial score (nSPS) is 16.1. The summed E-state index contributed by atoms with van der Waals surface area (Å²) in [5.74, 6) is -0.0903. The number of hydrogen-bond donors (Lipinski definition) is 1. The Balaban J connectivity index is 1.25. The van der Waals surface area contributed by atoms with Gasteiger partial charge in [-0.3, -0.25) is 9.69 Å². The molecule has 2 aromatic heterocycles. The van der Waals surface area contributed by atoms with Crippen molar-refractivity contribution in [2.24, 2.45) is 0 Å². The fourth-order valence-electron chi connectivity index (χ4n) is 3.42. The molecule has 0 unspecified atom stereocenters. The van der Waals surface area contributed by atoms with Crippen LogP contribution in [0.25, 0.3) is 10.6 Å². The second-order valence-corrected chi connectivity index (χ2v) is 8.61. The molecule has 0 bridgehead atoms. The molecular formula is C21H24N4OS2. The molecule has 1 aliphatic rings. The van der Waals surface area contributed by atoms with Crippen LogP contribution in [0.5, 0.6) is 0 Å². The van der Waals surface area contributed by atoms with E-state index in [-0.39, 0.29) is 5.91 Å². The second kappa shape index (κ2) is 8.86. The Hall–Kier alpha value is -2.22. The molecular weight excluding hydrogens is 388 g/mol. The van der Waals surface area contributed by atoms with Gasteiger partial charge in [0, 0.05) is 60.8 Å². The quantitative estimate of drug-likeness (QED) is 0.669. The molecule has 3 aromatic rings. The highest BCUT2D eigenvalue weighted by Gasteiger charge is 2.22. The standard InChI is InChI=1S/C21H24N4OS2/c1-16(24-8-10-25(11-9-24)18-5-3-2-4-6-18)13-22-20(26)19-15-28-21(23-19)17-7-12-27-14-17/h2-7,12,14-16H,8-11,13H2,1H3,(H,22,26)/t16-/m0/s1. The summed E-state index contributed by atoms with van der Waals surface area (Å²) >= 11 is 3.15. The van der Waals surface area contributed by atoms with E-state index in [4.69, 9.17) is 0 Å². The predicted molar refractivity (Wildman–Crippen MR) is 117 cm³/mol. The fraction of sp³-hybridized carbons (Fsp3) is 0.333. The summed E-state index contributed by atoms with van der Waals surface area (Å²) in [5.41, 5.74) is 2.87. The van der Waals surface area contributed by atoms with E-state index < -0.39 is 0 Å². The third-order valence-corrected chi connectivity index (χ3v) is 6.70. The van der Waals surface area contributed by atoms with Gasteiger partial charge in [0.25, 0.3) is 5.91 Å². The summed E-state index contributed by atoms with van der Waals surface area (Å²) in [4.78, 5) is 21.8. The Morgan fingerprint density at radius 3 is 2.64 bits per heavy atom. The van der Waals surface area contributed by atoms with Crippen molar-refractivity contribution in [3.8, 4) is 10.6 Å². The van der Waals surface area contributed by atoms with E-state index in [0.717, 1.165) is 36.8 Å². The van der Waals surface area contributed by atoms with Gasteiger partial charge in [0.1, 0.15) is 10.7 Å². The van der Waals surface area contributed by atoms with Crippen LogP contribution in [0.1, 0.15) is 17.4 Å². The van der Waals surface area contributed by atoms with Gasteiger partial charge in [-0.1, -0.05) is 18.2 Å². The number of hydrogen-bond acceptors (Lipinski definition) is 6. The first-order chi connectivity index (χ1) is 13.7. The largest absolute Gasteiger partial charge is 0.369 e. The minimum absolute atomic E-state index is 0.0903. The molecule has 0 radical (unpaired) electrons. The van der Waals surface area contributed by atoms with Crippen LogP contribution in [0, 0.1) is 0 Å². The van der Waals surface area contributed by atoms with Gasteiger partial charge in [0.05, 0.1) is 0 Å². The zero-order chi connectivity index (χ0) is 19.3. The van der Waals surface area contributed by atoms with Gasteiger partial charge in [0.15, 0.2) is 0 Å². The van der Waals surface area contributed by atoms with E-state index in [1.807, 2.05) is 16.8 Å². The Morgan fingerprint density at radius 1 is 1.14 bits per heavy atom. The average molecular weight is 413 g/mol. The Labute approximate surface area is 173 Å². The van der Waals surface area contributed by atoms with E-state index in [1.165, 1.54) is 17.0 Å². The fourth-order valence-corrected chi connectivity index (χ4v) is 4.93. The first-order valence-corrected chi connectivity index (χ1v) is 11.3. The number of benzene rings is 1.